The number of halogens is 2. The van der Waals surface area contributed by atoms with Crippen LogP contribution in [-0.4, -0.2) is 90.2 Å². The largest absolute Gasteiger partial charge is 0.390 e. The zero-order valence-corrected chi connectivity index (χ0v) is 32.5. The minimum Gasteiger partial charge on any atom is -0.390 e. The van der Waals surface area contributed by atoms with Crippen LogP contribution in [0.25, 0.3) is 0 Å². The quantitative estimate of drug-likeness (QED) is 0.354. The fourth-order valence-corrected chi connectivity index (χ4v) is 14.5. The molecule has 11 heteroatoms. The van der Waals surface area contributed by atoms with Crippen LogP contribution in [-0.2, 0) is 30.3 Å². The Morgan fingerprint density at radius 1 is 1.04 bits per heavy atom. The molecule has 294 valence electrons. The predicted octanol–water partition coefficient (Wildman–Crippen LogP) is 5.66. The van der Waals surface area contributed by atoms with Crippen molar-refractivity contribution in [1.29, 1.82) is 0 Å². The van der Waals surface area contributed by atoms with Crippen molar-refractivity contribution in [3.05, 3.63) is 35.4 Å². The zero-order chi connectivity index (χ0) is 37.9. The number of hydrogen-bond donors (Lipinski definition) is 2. The lowest BCUT2D eigenvalue weighted by atomic mass is 9.41. The third kappa shape index (κ3) is 5.66. The van der Waals surface area contributed by atoms with Gasteiger partial charge in [-0.2, -0.15) is 0 Å². The Kier molecular flexibility index (Phi) is 9.21. The van der Waals surface area contributed by atoms with Crippen LogP contribution < -0.4 is 5.73 Å². The van der Waals surface area contributed by atoms with Crippen molar-refractivity contribution in [3.63, 3.8) is 0 Å². The molecule has 6 unspecified atom stereocenters. The minimum absolute atomic E-state index is 0.0449. The Hall–Kier alpha value is -2.18. The summed E-state index contributed by atoms with van der Waals surface area (Å²) in [5, 5.41) is 12.6. The van der Waals surface area contributed by atoms with E-state index in [9.17, 15) is 23.5 Å². The summed E-state index contributed by atoms with van der Waals surface area (Å²) >= 11 is 0. The summed E-state index contributed by atoms with van der Waals surface area (Å²) in [4.78, 5) is 28.0. The molecule has 0 bridgehead atoms. The van der Waals surface area contributed by atoms with Crippen LogP contribution in [0.4, 0.5) is 8.78 Å². The molecule has 2 aliphatic heterocycles. The average molecular weight is 742 g/mol. The third-order valence-electron chi connectivity index (χ3n) is 16.8. The first kappa shape index (κ1) is 37.7. The van der Waals surface area contributed by atoms with Gasteiger partial charge in [-0.25, -0.2) is 8.78 Å². The second kappa shape index (κ2) is 12.9. The molecule has 2 heterocycles. The molecule has 5 saturated carbocycles. The molecule has 53 heavy (non-hydrogen) atoms. The van der Waals surface area contributed by atoms with Crippen molar-refractivity contribution in [2.24, 2.45) is 56.5 Å². The number of ether oxygens (including phenoxy) is 3. The summed E-state index contributed by atoms with van der Waals surface area (Å²) in [5.74, 6) is -0.424. The third-order valence-corrected chi connectivity index (χ3v) is 16.8. The maximum absolute atomic E-state index is 14.0. The number of aliphatic hydroxyl groups excluding tert-OH is 1. The van der Waals surface area contributed by atoms with E-state index in [1.165, 1.54) is 31.9 Å². The smallest absolute Gasteiger partial charge is 0.231 e. The summed E-state index contributed by atoms with van der Waals surface area (Å²) in [5.41, 5.74) is 5.90. The van der Waals surface area contributed by atoms with Gasteiger partial charge in [0.15, 0.2) is 6.29 Å². The fourth-order valence-electron chi connectivity index (χ4n) is 14.5. The number of carbonyl (C=O) groups is 2. The number of nitrogens with two attached hydrogens (primary N) is 1. The standard InChI is InChI=1S/C42H61F2N3O6/c1-24-15-29(20-47(25(2)48)19-26-16-27(43)18-28(44)17-26)52-36-35(24)39(5)11-12-42-23-41(42)10-9-32(53-34-22-46(13-14-51-34)21-33(45)49)38(3,4)30(41)7-8-31(42)40(39,6)37(36)50/h16-18,24,29-32,34-37,50H,7-15,19-23H2,1-6H3,(H2,45,49)/t24-,29?,30+,31?,32+,34?,35+,36?,37+,39-,40?,41-,42?/m1/s1. The van der Waals surface area contributed by atoms with Gasteiger partial charge in [-0.05, 0) is 114 Å². The summed E-state index contributed by atoms with van der Waals surface area (Å²) in [7, 11) is 0. The van der Waals surface area contributed by atoms with Gasteiger partial charge >= 0.3 is 0 Å². The molecule has 2 amide bonds. The van der Waals surface area contributed by atoms with Crippen LogP contribution in [0.15, 0.2) is 18.2 Å². The van der Waals surface area contributed by atoms with Crippen LogP contribution in [0.1, 0.15) is 98.5 Å². The van der Waals surface area contributed by atoms with Crippen molar-refractivity contribution in [2.75, 3.05) is 32.8 Å². The van der Waals surface area contributed by atoms with Crippen LogP contribution >= 0.6 is 0 Å². The van der Waals surface area contributed by atoms with Crippen molar-refractivity contribution in [2.45, 2.75) is 130 Å². The molecule has 7 fully saturated rings. The predicted molar refractivity (Wildman–Crippen MR) is 194 cm³/mol. The van der Waals surface area contributed by atoms with Crippen LogP contribution in [0.3, 0.4) is 0 Å². The van der Waals surface area contributed by atoms with Gasteiger partial charge in [0.05, 0.1) is 44.1 Å². The lowest BCUT2D eigenvalue weighted by molar-refractivity contribution is -0.248. The van der Waals surface area contributed by atoms with Crippen LogP contribution in [0, 0.1) is 62.4 Å². The number of fused-ring (bicyclic) bond motifs is 4. The van der Waals surface area contributed by atoms with E-state index in [0.717, 1.165) is 44.6 Å². The first-order chi connectivity index (χ1) is 24.9. The van der Waals surface area contributed by atoms with Crippen molar-refractivity contribution in [1.82, 2.24) is 9.80 Å². The molecule has 1 aromatic rings. The maximum atomic E-state index is 14.0. The molecule has 2 spiro atoms. The highest BCUT2D eigenvalue weighted by Crippen LogP contribution is 2.89. The molecule has 13 atom stereocenters. The van der Waals surface area contributed by atoms with Gasteiger partial charge in [-0.1, -0.05) is 34.6 Å². The number of carbonyl (C=O) groups excluding carboxylic acids is 2. The first-order valence-corrected chi connectivity index (χ1v) is 20.3. The Morgan fingerprint density at radius 3 is 2.43 bits per heavy atom. The second-order valence-electron chi connectivity index (χ2n) is 19.4. The maximum Gasteiger partial charge on any atom is 0.231 e. The molecule has 0 aromatic heterocycles. The lowest BCUT2D eigenvalue weighted by Crippen LogP contribution is -2.60. The number of nitrogens with zero attached hydrogens (tertiary/aromatic N) is 2. The SMILES string of the molecule is CC(=O)N(Cc1cc(F)cc(F)c1)CC1C[C@@H](C)[C@H]2C(O1)[C@H](O)C1(C)C3CC[C@H]4C(C)(C)[C@@H](OC5CN(CC(N)=O)CCO5)CC[C@@]45CC35CC[C@]21C. The summed E-state index contributed by atoms with van der Waals surface area (Å²) in [6.45, 7) is 15.8. The van der Waals surface area contributed by atoms with E-state index < -0.39 is 17.7 Å². The lowest BCUT2D eigenvalue weighted by Gasteiger charge is -2.64. The highest BCUT2D eigenvalue weighted by atomic mass is 19.1. The van der Waals surface area contributed by atoms with E-state index in [2.05, 4.69) is 34.6 Å². The molecule has 1 aromatic carbocycles. The molecule has 0 radical (unpaired) electrons. The van der Waals surface area contributed by atoms with Crippen molar-refractivity contribution < 1.29 is 37.7 Å². The molecule has 7 aliphatic rings. The summed E-state index contributed by atoms with van der Waals surface area (Å²) in [6, 6.07) is 3.39. The second-order valence-corrected chi connectivity index (χ2v) is 19.4. The number of aliphatic hydroxyl groups is 1. The number of hydrogen-bond acceptors (Lipinski definition) is 7. The van der Waals surface area contributed by atoms with E-state index in [1.807, 2.05) is 4.90 Å². The first-order valence-electron chi connectivity index (χ1n) is 20.3. The van der Waals surface area contributed by atoms with E-state index in [4.69, 9.17) is 19.9 Å². The van der Waals surface area contributed by atoms with E-state index in [1.54, 1.807) is 4.90 Å². The van der Waals surface area contributed by atoms with Crippen LogP contribution in [0.2, 0.25) is 0 Å². The van der Waals surface area contributed by atoms with Gasteiger partial charge in [0.25, 0.3) is 0 Å². The van der Waals surface area contributed by atoms with Gasteiger partial charge < -0.3 is 30.0 Å². The fraction of sp³-hybridized carbons (Fsp3) is 0.810. The van der Waals surface area contributed by atoms with Gasteiger partial charge in [0, 0.05) is 38.0 Å². The van der Waals surface area contributed by atoms with Crippen LogP contribution in [0.5, 0.6) is 0 Å². The number of amides is 2. The van der Waals surface area contributed by atoms with E-state index in [0.29, 0.717) is 43.6 Å². The number of benzene rings is 1. The molecule has 9 nitrogen and oxygen atoms in total. The van der Waals surface area contributed by atoms with Gasteiger partial charge in [-0.15, -0.1) is 0 Å². The Morgan fingerprint density at radius 2 is 1.74 bits per heavy atom. The van der Waals surface area contributed by atoms with Crippen molar-refractivity contribution in [3.8, 4) is 0 Å². The number of primary amides is 1. The van der Waals surface area contributed by atoms with E-state index >= 15 is 0 Å². The topological polar surface area (TPSA) is 115 Å². The Bertz CT molecular complexity index is 1610. The molecule has 2 saturated heterocycles. The molecule has 5 aliphatic carbocycles. The average Bonchev–Trinajstić information content (AvgIpc) is 3.70. The highest BCUT2D eigenvalue weighted by molar-refractivity contribution is 5.76. The molecule has 8 rings (SSSR count). The Labute approximate surface area is 313 Å². The normalized spacial score (nSPS) is 45.6. The highest BCUT2D eigenvalue weighted by Gasteiger charge is 2.84. The number of rotatable bonds is 8. The van der Waals surface area contributed by atoms with Crippen molar-refractivity contribution >= 4 is 11.8 Å². The Balaban J connectivity index is 0.991. The van der Waals surface area contributed by atoms with Gasteiger partial charge in [0.1, 0.15) is 11.6 Å². The minimum atomic E-state index is -0.662. The molecule has 3 N–H and O–H groups in total. The molecular formula is C42H61F2N3O6. The van der Waals surface area contributed by atoms with E-state index in [-0.39, 0.29) is 88.4 Å². The van der Waals surface area contributed by atoms with Gasteiger partial charge in [-0.3, -0.25) is 14.5 Å². The summed E-state index contributed by atoms with van der Waals surface area (Å²) in [6.07, 6.45) is 7.01. The molecular weight excluding hydrogens is 680 g/mol. The summed E-state index contributed by atoms with van der Waals surface area (Å²) < 4.78 is 47.7. The number of morpholine rings is 1. The zero-order valence-electron chi connectivity index (χ0n) is 32.5. The monoisotopic (exact) mass is 741 g/mol. The van der Waals surface area contributed by atoms with Gasteiger partial charge in [0.2, 0.25) is 11.8 Å².